The molecule has 3 aliphatic heterocycles. The average molecular weight is 1110 g/mol. The van der Waals surface area contributed by atoms with E-state index in [1.807, 2.05) is 0 Å². The summed E-state index contributed by atoms with van der Waals surface area (Å²) in [6.07, 6.45) is -0.980. The van der Waals surface area contributed by atoms with Gasteiger partial charge in [-0.25, -0.2) is 4.79 Å². The van der Waals surface area contributed by atoms with Gasteiger partial charge >= 0.3 is 5.97 Å². The quantitative estimate of drug-likeness (QED) is 0.0279. The van der Waals surface area contributed by atoms with Crippen molar-refractivity contribution in [3.63, 3.8) is 0 Å². The molecule has 0 bridgehead atoms. The molecule has 18 atom stereocenters. The molecule has 0 aliphatic carbocycles. The molecule has 2 amide bonds. The van der Waals surface area contributed by atoms with Crippen LogP contribution in [0.5, 0.6) is 0 Å². The van der Waals surface area contributed by atoms with E-state index in [1.165, 1.54) is 109 Å². The van der Waals surface area contributed by atoms with Crippen LogP contribution in [0.25, 0.3) is 0 Å². The first kappa shape index (κ1) is 68.7. The summed E-state index contributed by atoms with van der Waals surface area (Å²) in [5.41, 5.74) is 0. The molecule has 3 saturated heterocycles. The molecule has 24 nitrogen and oxygen atoms in total. The lowest BCUT2D eigenvalue weighted by atomic mass is 9.88. The van der Waals surface area contributed by atoms with Crippen molar-refractivity contribution in [2.45, 2.75) is 271 Å². The van der Waals surface area contributed by atoms with Gasteiger partial charge in [0.2, 0.25) is 11.8 Å². The number of ether oxygens (including phenoxy) is 6. The van der Waals surface area contributed by atoms with E-state index >= 15 is 0 Å². The second-order valence-corrected chi connectivity index (χ2v) is 20.8. The minimum atomic E-state index is -3.14. The average Bonchev–Trinajstić information content (AvgIpc) is 3.42. The highest BCUT2D eigenvalue weighted by atomic mass is 16.8. The highest BCUT2D eigenvalue weighted by molar-refractivity contribution is 5.78. The molecule has 0 spiro atoms. The Kier molecular flexibility index (Phi) is 33.4. The molecule has 3 heterocycles. The van der Waals surface area contributed by atoms with Crippen molar-refractivity contribution in [3.05, 3.63) is 12.2 Å². The number of aliphatic hydroxyl groups is 12. The van der Waals surface area contributed by atoms with Gasteiger partial charge in [-0.1, -0.05) is 147 Å². The SMILES string of the molecule is C/C=C/[C@@H](O)[C@H](CO[C@@H]1OC(CO)[C@@H](O[C@@H]2OC(CO)[C@H](O)C(O[C@]3(C(=O)O)CC(O)[C@@H](NC(=O)CO)C([C@H](O)[C@H](O)CO)O3)C2O)C(O)C1O)NC(=O)CCCCCCCCCCCCCCCCCCCCCCC. The molecule has 0 aromatic rings. The number of unbranched alkanes of at least 4 members (excludes halogenated alkanes) is 20. The van der Waals surface area contributed by atoms with Gasteiger partial charge in [-0.2, -0.15) is 0 Å². The summed E-state index contributed by atoms with van der Waals surface area (Å²) in [5, 5.41) is 143. The first-order valence-corrected chi connectivity index (χ1v) is 28.2. The first-order chi connectivity index (χ1) is 36.9. The number of carboxylic acid groups (broad SMARTS) is 1. The van der Waals surface area contributed by atoms with E-state index in [1.54, 1.807) is 13.0 Å². The van der Waals surface area contributed by atoms with Crippen LogP contribution in [0.15, 0.2) is 12.2 Å². The van der Waals surface area contributed by atoms with Crippen LogP contribution in [0.4, 0.5) is 0 Å². The maximum atomic E-state index is 13.0. The summed E-state index contributed by atoms with van der Waals surface area (Å²) in [4.78, 5) is 38.1. The number of nitrogens with one attached hydrogen (secondary N) is 2. The zero-order valence-corrected chi connectivity index (χ0v) is 45.3. The summed E-state index contributed by atoms with van der Waals surface area (Å²) in [6, 6.07) is -2.77. The molecule has 15 N–H and O–H groups in total. The van der Waals surface area contributed by atoms with Crippen LogP contribution < -0.4 is 10.6 Å². The molecule has 3 fully saturated rings. The van der Waals surface area contributed by atoms with E-state index in [0.29, 0.717) is 6.42 Å². The number of aliphatic hydroxyl groups excluding tert-OH is 12. The number of amides is 2. The molecular formula is C53H96N2O22. The Balaban J connectivity index is 1.51. The van der Waals surface area contributed by atoms with E-state index in [4.69, 9.17) is 28.4 Å². The van der Waals surface area contributed by atoms with Gasteiger partial charge < -0.3 is 105 Å². The maximum Gasteiger partial charge on any atom is 0.364 e. The monoisotopic (exact) mass is 1110 g/mol. The van der Waals surface area contributed by atoms with Crippen molar-refractivity contribution in [3.8, 4) is 0 Å². The normalized spacial score (nSPS) is 31.4. The molecule has 0 aromatic carbocycles. The summed E-state index contributed by atoms with van der Waals surface area (Å²) in [7, 11) is 0. The predicted molar refractivity (Wildman–Crippen MR) is 275 cm³/mol. The number of allylic oxidation sites excluding steroid dienone is 1. The third kappa shape index (κ3) is 22.4. The van der Waals surface area contributed by atoms with Crippen LogP contribution in [0.3, 0.4) is 0 Å². The largest absolute Gasteiger partial charge is 0.477 e. The number of hydrogen-bond acceptors (Lipinski definition) is 21. The number of carboxylic acids is 1. The Hall–Kier alpha value is -2.57. The zero-order valence-electron chi connectivity index (χ0n) is 45.3. The second kappa shape index (κ2) is 37.4. The Bertz CT molecular complexity index is 1650. The van der Waals surface area contributed by atoms with E-state index in [2.05, 4.69) is 17.6 Å². The fourth-order valence-corrected chi connectivity index (χ4v) is 10.0. The Morgan fingerprint density at radius 2 is 1.18 bits per heavy atom. The summed E-state index contributed by atoms with van der Waals surface area (Å²) >= 11 is 0. The van der Waals surface area contributed by atoms with Crippen LogP contribution in [0, 0.1) is 0 Å². The van der Waals surface area contributed by atoms with Gasteiger partial charge in [0, 0.05) is 12.8 Å². The topological polar surface area (TPSA) is 394 Å². The molecule has 8 unspecified atom stereocenters. The lowest BCUT2D eigenvalue weighted by molar-refractivity contribution is -0.386. The Labute approximate surface area is 453 Å². The van der Waals surface area contributed by atoms with Crippen molar-refractivity contribution in [1.29, 1.82) is 0 Å². The third-order valence-corrected chi connectivity index (χ3v) is 14.6. The number of hydrogen-bond donors (Lipinski definition) is 15. The van der Waals surface area contributed by atoms with Crippen LogP contribution in [-0.4, -0.2) is 227 Å². The van der Waals surface area contributed by atoms with Crippen LogP contribution in [-0.2, 0) is 42.8 Å². The molecule has 0 saturated carbocycles. The van der Waals surface area contributed by atoms with Gasteiger partial charge in [0.05, 0.1) is 50.7 Å². The molecule has 450 valence electrons. The molecule has 77 heavy (non-hydrogen) atoms. The zero-order chi connectivity index (χ0) is 56.9. The fraction of sp³-hybridized carbons (Fsp3) is 0.906. The lowest BCUT2D eigenvalue weighted by Crippen LogP contribution is -2.71. The number of carbonyl (C=O) groups is 3. The number of aliphatic carboxylic acids is 1. The highest BCUT2D eigenvalue weighted by Crippen LogP contribution is 2.38. The minimum absolute atomic E-state index is 0.191. The molecule has 3 aliphatic rings. The van der Waals surface area contributed by atoms with Crippen molar-refractivity contribution >= 4 is 17.8 Å². The van der Waals surface area contributed by atoms with Gasteiger partial charge in [0.25, 0.3) is 5.79 Å². The second-order valence-electron chi connectivity index (χ2n) is 20.8. The summed E-state index contributed by atoms with van der Waals surface area (Å²) in [6.45, 7) is -0.713. The number of rotatable bonds is 40. The van der Waals surface area contributed by atoms with E-state index < -0.39 is 161 Å². The summed E-state index contributed by atoms with van der Waals surface area (Å²) in [5.74, 6) is -6.64. The lowest BCUT2D eigenvalue weighted by Gasteiger charge is -2.50. The highest BCUT2D eigenvalue weighted by Gasteiger charge is 2.60. The molecular weight excluding hydrogens is 1020 g/mol. The molecule has 0 radical (unpaired) electrons. The summed E-state index contributed by atoms with van der Waals surface area (Å²) < 4.78 is 34.1. The number of carbonyl (C=O) groups excluding carboxylic acids is 2. The van der Waals surface area contributed by atoms with Gasteiger partial charge in [-0.05, 0) is 13.3 Å². The van der Waals surface area contributed by atoms with Gasteiger partial charge in [-0.15, -0.1) is 0 Å². The van der Waals surface area contributed by atoms with Crippen molar-refractivity contribution in [2.24, 2.45) is 0 Å². The third-order valence-electron chi connectivity index (χ3n) is 14.6. The maximum absolute atomic E-state index is 13.0. The fourth-order valence-electron chi connectivity index (χ4n) is 10.0. The van der Waals surface area contributed by atoms with Crippen LogP contribution in [0.1, 0.15) is 162 Å². The van der Waals surface area contributed by atoms with E-state index in [9.17, 15) is 80.8 Å². The van der Waals surface area contributed by atoms with E-state index in [0.717, 1.165) is 25.7 Å². The van der Waals surface area contributed by atoms with Crippen LogP contribution >= 0.6 is 0 Å². The van der Waals surface area contributed by atoms with Gasteiger partial charge in [-0.3, -0.25) is 9.59 Å². The molecule has 24 heteroatoms. The van der Waals surface area contributed by atoms with E-state index in [-0.39, 0.29) is 12.3 Å². The predicted octanol–water partition coefficient (Wildman–Crippen LogP) is -0.203. The standard InChI is InChI=1S/C53H96N2O22/c1-3-5-6-7-8-9-10-11-12-13-14-15-16-17-18-19-20-21-22-23-24-26-39(63)54-33(34(60)25-4-2)32-72-50-45(68)44(67)47(38(30-58)74-50)75-51-46(69)49(43(66)37(29-57)73-51)77-53(52(70)71)27-35(61)41(55-40(64)31-59)48(76-53)42(65)36(62)28-56/h4,25,33-38,41-51,56-62,65-69H,3,5-24,26-32H2,1-2H3,(H,54,63)(H,55,64)(H,70,71)/b25-4+/t33-,34+,35?,36+,37?,38?,41+,42+,43-,44?,45?,46?,47+,48?,49?,50+,51-,53-/m0/s1. The Morgan fingerprint density at radius 3 is 1.66 bits per heavy atom. The Morgan fingerprint density at radius 1 is 0.662 bits per heavy atom. The minimum Gasteiger partial charge on any atom is -0.477 e. The van der Waals surface area contributed by atoms with Crippen molar-refractivity contribution in [2.75, 3.05) is 33.0 Å². The van der Waals surface area contributed by atoms with Gasteiger partial charge in [0.1, 0.15) is 73.8 Å². The molecule has 0 aromatic heterocycles. The van der Waals surface area contributed by atoms with Gasteiger partial charge in [0.15, 0.2) is 12.6 Å². The van der Waals surface area contributed by atoms with Crippen molar-refractivity contribution < 1.29 is 109 Å². The smallest absolute Gasteiger partial charge is 0.364 e. The first-order valence-electron chi connectivity index (χ1n) is 28.2. The molecule has 3 rings (SSSR count). The van der Waals surface area contributed by atoms with Crippen molar-refractivity contribution in [1.82, 2.24) is 10.6 Å². The van der Waals surface area contributed by atoms with Crippen LogP contribution in [0.2, 0.25) is 0 Å².